The smallest absolute Gasteiger partial charge is 0.258 e. The third kappa shape index (κ3) is 4.46. The summed E-state index contributed by atoms with van der Waals surface area (Å²) in [6.45, 7) is 5.56. The van der Waals surface area contributed by atoms with Gasteiger partial charge >= 0.3 is 0 Å². The second-order valence-corrected chi connectivity index (χ2v) is 9.88. The predicted octanol–water partition coefficient (Wildman–Crippen LogP) is 4.60. The second-order valence-electron chi connectivity index (χ2n) is 8.87. The average molecular weight is 485 g/mol. The number of alkyl halides is 2. The number of carbonyl (C=O) groups excluding carboxylic acids is 1. The van der Waals surface area contributed by atoms with Crippen LogP contribution in [0.25, 0.3) is 0 Å². The van der Waals surface area contributed by atoms with E-state index in [2.05, 4.69) is 25.6 Å². The zero-order chi connectivity index (χ0) is 23.9. The molecule has 178 valence electrons. The highest BCUT2D eigenvalue weighted by Crippen LogP contribution is 2.37. The summed E-state index contributed by atoms with van der Waals surface area (Å²) in [5.41, 5.74) is 4.15. The fourth-order valence-corrected chi connectivity index (χ4v) is 5.05. The lowest BCUT2D eigenvalue weighted by Crippen LogP contribution is -2.40. The number of rotatable bonds is 4. The molecule has 0 saturated carbocycles. The third-order valence-electron chi connectivity index (χ3n) is 6.50. The van der Waals surface area contributed by atoms with Gasteiger partial charge in [-0.3, -0.25) is 9.78 Å². The highest BCUT2D eigenvalue weighted by molar-refractivity contribution is 7.06. The van der Waals surface area contributed by atoms with Crippen LogP contribution in [0.2, 0.25) is 0 Å². The van der Waals surface area contributed by atoms with E-state index in [4.69, 9.17) is 4.98 Å². The largest absolute Gasteiger partial charge is 0.354 e. The molecule has 2 aliphatic rings. The van der Waals surface area contributed by atoms with E-state index in [1.807, 2.05) is 37.1 Å². The van der Waals surface area contributed by atoms with Crippen LogP contribution in [0.4, 0.5) is 26.1 Å². The van der Waals surface area contributed by atoms with Crippen molar-refractivity contribution in [2.75, 3.05) is 34.8 Å². The van der Waals surface area contributed by atoms with E-state index in [9.17, 15) is 13.6 Å². The zero-order valence-electron chi connectivity index (χ0n) is 19.1. The quantitative estimate of drug-likeness (QED) is 0.584. The van der Waals surface area contributed by atoms with Gasteiger partial charge in [0.25, 0.3) is 11.8 Å². The molecule has 2 aliphatic heterocycles. The summed E-state index contributed by atoms with van der Waals surface area (Å²) in [7, 11) is 0. The van der Waals surface area contributed by atoms with Crippen molar-refractivity contribution in [1.29, 1.82) is 0 Å². The molecule has 0 aliphatic carbocycles. The van der Waals surface area contributed by atoms with Crippen LogP contribution in [0.1, 0.15) is 44.9 Å². The minimum atomic E-state index is -2.67. The van der Waals surface area contributed by atoms with Crippen molar-refractivity contribution in [3.05, 3.63) is 57.9 Å². The molecule has 5 heterocycles. The van der Waals surface area contributed by atoms with Crippen LogP contribution in [0.3, 0.4) is 0 Å². The molecule has 3 aromatic rings. The molecule has 3 aromatic heterocycles. The maximum absolute atomic E-state index is 13.9. The van der Waals surface area contributed by atoms with Gasteiger partial charge < -0.3 is 15.1 Å². The number of hydrogen-bond donors (Lipinski definition) is 1. The molecule has 1 saturated heterocycles. The normalized spacial score (nSPS) is 17.4. The molecule has 0 unspecified atom stereocenters. The first kappa shape index (κ1) is 22.6. The van der Waals surface area contributed by atoms with Gasteiger partial charge in [0.2, 0.25) is 0 Å². The number of nitrogens with one attached hydrogen (secondary N) is 1. The van der Waals surface area contributed by atoms with Crippen molar-refractivity contribution in [3.63, 3.8) is 0 Å². The SMILES string of the molecule is Cc1cc(N2CCc3ncccc3C2)nc(N2CCC(F)(F)CC2)c1NC(=O)c1cnsc1C. The van der Waals surface area contributed by atoms with Crippen molar-refractivity contribution in [2.45, 2.75) is 45.6 Å². The van der Waals surface area contributed by atoms with E-state index in [0.29, 0.717) is 23.6 Å². The topological polar surface area (TPSA) is 74.2 Å². The van der Waals surface area contributed by atoms with Crippen LogP contribution in [0.15, 0.2) is 30.6 Å². The number of fused-ring (bicyclic) bond motifs is 1. The predicted molar refractivity (Wildman–Crippen MR) is 129 cm³/mol. The Morgan fingerprint density at radius 1 is 1.18 bits per heavy atom. The van der Waals surface area contributed by atoms with Gasteiger partial charge in [-0.05, 0) is 48.6 Å². The van der Waals surface area contributed by atoms with Gasteiger partial charge in [-0.15, -0.1) is 0 Å². The highest BCUT2D eigenvalue weighted by atomic mass is 32.1. The monoisotopic (exact) mass is 484 g/mol. The molecular weight excluding hydrogens is 458 g/mol. The minimum Gasteiger partial charge on any atom is -0.354 e. The molecule has 5 rings (SSSR count). The summed E-state index contributed by atoms with van der Waals surface area (Å²) in [5, 5.41) is 2.99. The van der Waals surface area contributed by atoms with Crippen molar-refractivity contribution < 1.29 is 13.6 Å². The van der Waals surface area contributed by atoms with E-state index in [1.165, 1.54) is 11.5 Å². The van der Waals surface area contributed by atoms with E-state index < -0.39 is 5.92 Å². The van der Waals surface area contributed by atoms with Gasteiger partial charge in [-0.1, -0.05) is 6.07 Å². The second kappa shape index (κ2) is 8.90. The molecule has 0 radical (unpaired) electrons. The lowest BCUT2D eigenvalue weighted by atomic mass is 10.0. The number of aromatic nitrogens is 3. The molecule has 0 bridgehead atoms. The van der Waals surface area contributed by atoms with Gasteiger partial charge in [0.05, 0.1) is 17.4 Å². The summed E-state index contributed by atoms with van der Waals surface area (Å²) in [6, 6.07) is 5.96. The van der Waals surface area contributed by atoms with E-state index >= 15 is 0 Å². The summed E-state index contributed by atoms with van der Waals surface area (Å²) in [6.07, 6.45) is 3.70. The summed E-state index contributed by atoms with van der Waals surface area (Å²) in [5.74, 6) is -1.64. The van der Waals surface area contributed by atoms with Gasteiger partial charge in [-0.25, -0.2) is 18.1 Å². The van der Waals surface area contributed by atoms with Crippen LogP contribution in [-0.2, 0) is 13.0 Å². The van der Waals surface area contributed by atoms with Crippen LogP contribution in [-0.4, -0.2) is 45.8 Å². The fraction of sp³-hybridized carbons (Fsp3) is 0.417. The summed E-state index contributed by atoms with van der Waals surface area (Å²) in [4.78, 5) is 27.2. The van der Waals surface area contributed by atoms with Crippen LogP contribution < -0.4 is 15.1 Å². The molecule has 0 atom stereocenters. The number of hydrogen-bond acceptors (Lipinski definition) is 7. The molecule has 1 N–H and O–H groups in total. The first-order valence-corrected chi connectivity index (χ1v) is 12.1. The Hall–Kier alpha value is -3.14. The van der Waals surface area contributed by atoms with Crippen molar-refractivity contribution in [1.82, 2.24) is 14.3 Å². The van der Waals surface area contributed by atoms with Gasteiger partial charge in [0, 0.05) is 62.2 Å². The van der Waals surface area contributed by atoms with Crippen LogP contribution in [0, 0.1) is 13.8 Å². The molecule has 1 amide bonds. The Labute approximate surface area is 201 Å². The molecule has 0 spiro atoms. The summed E-state index contributed by atoms with van der Waals surface area (Å²) >= 11 is 1.26. The molecule has 10 heteroatoms. The number of pyridine rings is 2. The first-order valence-electron chi connectivity index (χ1n) is 11.4. The number of piperidine rings is 1. The molecule has 1 fully saturated rings. The minimum absolute atomic E-state index is 0.178. The van der Waals surface area contributed by atoms with Gasteiger partial charge in [0.15, 0.2) is 5.82 Å². The van der Waals surface area contributed by atoms with Gasteiger partial charge in [-0.2, -0.15) is 0 Å². The third-order valence-corrected chi connectivity index (χ3v) is 7.21. The maximum Gasteiger partial charge on any atom is 0.258 e. The fourth-order valence-electron chi connectivity index (χ4n) is 4.49. The van der Waals surface area contributed by atoms with Gasteiger partial charge in [0.1, 0.15) is 5.82 Å². The Morgan fingerprint density at radius 2 is 1.97 bits per heavy atom. The van der Waals surface area contributed by atoms with E-state index in [1.54, 1.807) is 6.20 Å². The van der Waals surface area contributed by atoms with Crippen molar-refractivity contribution in [2.24, 2.45) is 0 Å². The lowest BCUT2D eigenvalue weighted by Gasteiger charge is -2.35. The highest BCUT2D eigenvalue weighted by Gasteiger charge is 2.36. The number of carbonyl (C=O) groups is 1. The maximum atomic E-state index is 13.9. The van der Waals surface area contributed by atoms with Crippen LogP contribution >= 0.6 is 11.5 Å². The van der Waals surface area contributed by atoms with E-state index in [-0.39, 0.29) is 31.8 Å². The van der Waals surface area contributed by atoms with Crippen molar-refractivity contribution >= 4 is 34.8 Å². The Balaban J connectivity index is 1.49. The molecule has 34 heavy (non-hydrogen) atoms. The van der Waals surface area contributed by atoms with Crippen LogP contribution in [0.5, 0.6) is 0 Å². The Morgan fingerprint density at radius 3 is 2.71 bits per heavy atom. The summed E-state index contributed by atoms with van der Waals surface area (Å²) < 4.78 is 31.9. The number of halogens is 2. The van der Waals surface area contributed by atoms with Crippen molar-refractivity contribution in [3.8, 4) is 0 Å². The molecule has 0 aromatic carbocycles. The molecular formula is C24H26F2N6OS. The number of aryl methyl sites for hydroxylation is 2. The van der Waals surface area contributed by atoms with E-state index in [0.717, 1.165) is 40.5 Å². The average Bonchev–Trinajstić information content (AvgIpc) is 3.26. The first-order chi connectivity index (χ1) is 16.3. The number of amides is 1. The number of anilines is 3. The standard InChI is InChI=1S/C24H26F2N6OS/c1-15-12-20(32-9-5-19-17(14-32)4-3-8-27-19)29-22(31-10-6-24(25,26)7-11-31)21(15)30-23(33)18-13-28-34-16(18)2/h3-4,8,12-13H,5-7,9-11,14H2,1-2H3,(H,30,33). The Kier molecular flexibility index (Phi) is 5.93. The molecule has 7 nitrogen and oxygen atoms in total. The number of nitrogens with zero attached hydrogens (tertiary/aromatic N) is 5. The Bertz CT molecular complexity index is 1220. The lowest BCUT2D eigenvalue weighted by molar-refractivity contribution is -0.0221. The zero-order valence-corrected chi connectivity index (χ0v) is 20.0.